The van der Waals surface area contributed by atoms with E-state index in [1.807, 2.05) is 60.7 Å². The third-order valence-electron chi connectivity index (χ3n) is 4.52. The molecule has 0 spiro atoms. The van der Waals surface area contributed by atoms with Crippen LogP contribution in [0.3, 0.4) is 0 Å². The summed E-state index contributed by atoms with van der Waals surface area (Å²) in [5, 5.41) is 0. The maximum absolute atomic E-state index is 12.5. The lowest BCUT2D eigenvalue weighted by Crippen LogP contribution is -2.44. The Hall–Kier alpha value is -2.11. The molecule has 0 N–H and O–H groups in total. The molecule has 1 heterocycles. The van der Waals surface area contributed by atoms with E-state index in [9.17, 15) is 8.42 Å². The summed E-state index contributed by atoms with van der Waals surface area (Å²) in [6, 6.07) is 19.1. The molecule has 4 nitrogen and oxygen atoms in total. The fourth-order valence-corrected chi connectivity index (χ4v) is 4.59. The van der Waals surface area contributed by atoms with Crippen molar-refractivity contribution in [1.82, 2.24) is 4.90 Å². The maximum Gasteiger partial charge on any atom is 0.311 e. The van der Waals surface area contributed by atoms with Crippen LogP contribution >= 0.6 is 0 Å². The van der Waals surface area contributed by atoms with Gasteiger partial charge in [0.15, 0.2) is 5.76 Å². The summed E-state index contributed by atoms with van der Waals surface area (Å²) < 4.78 is 30.5. The Morgan fingerprint density at radius 2 is 1.44 bits per heavy atom. The second-order valence-corrected chi connectivity index (χ2v) is 7.63. The molecular weight excluding hydrogens is 334 g/mol. The summed E-state index contributed by atoms with van der Waals surface area (Å²) in [4.78, 5) is 2.17. The van der Waals surface area contributed by atoms with Gasteiger partial charge in [0.05, 0.1) is 6.04 Å². The minimum atomic E-state index is -3.63. The monoisotopic (exact) mass is 357 g/mol. The Kier molecular flexibility index (Phi) is 5.25. The lowest BCUT2D eigenvalue weighted by atomic mass is 9.94. The largest absolute Gasteiger partial charge is 0.381 e. The van der Waals surface area contributed by atoms with Crippen LogP contribution in [0.4, 0.5) is 0 Å². The highest BCUT2D eigenvalue weighted by molar-refractivity contribution is 7.87. The van der Waals surface area contributed by atoms with Crippen LogP contribution in [-0.4, -0.2) is 38.2 Å². The fraction of sp³-hybridized carbons (Fsp3) is 0.300. The van der Waals surface area contributed by atoms with Crippen molar-refractivity contribution in [1.29, 1.82) is 0 Å². The quantitative estimate of drug-likeness (QED) is 0.767. The molecule has 1 aliphatic rings. The third kappa shape index (κ3) is 3.78. The van der Waals surface area contributed by atoms with E-state index in [-0.39, 0.29) is 11.8 Å². The molecule has 0 aliphatic carbocycles. The molecule has 0 fully saturated rings. The number of hydrogen-bond acceptors (Lipinski definition) is 4. The highest BCUT2D eigenvalue weighted by Crippen LogP contribution is 2.37. The van der Waals surface area contributed by atoms with E-state index in [4.69, 9.17) is 4.18 Å². The SMILES string of the molecule is CCN(CC)C1CS(=O)(=O)OC(c2ccccc2)=C1c1ccccc1. The highest BCUT2D eigenvalue weighted by atomic mass is 32.2. The molecular formula is C20H23NO3S. The van der Waals surface area contributed by atoms with Gasteiger partial charge < -0.3 is 4.18 Å². The molecule has 0 radical (unpaired) electrons. The lowest BCUT2D eigenvalue weighted by molar-refractivity contribution is 0.267. The van der Waals surface area contributed by atoms with Crippen LogP contribution in [-0.2, 0) is 14.3 Å². The summed E-state index contributed by atoms with van der Waals surface area (Å²) in [6.45, 7) is 5.65. The molecule has 2 aromatic rings. The Morgan fingerprint density at radius 1 is 0.920 bits per heavy atom. The van der Waals surface area contributed by atoms with Crippen LogP contribution in [0.5, 0.6) is 0 Å². The molecule has 5 heteroatoms. The van der Waals surface area contributed by atoms with Gasteiger partial charge >= 0.3 is 10.1 Å². The normalized spacial score (nSPS) is 19.7. The maximum atomic E-state index is 12.5. The molecule has 1 aliphatic heterocycles. The van der Waals surface area contributed by atoms with Gasteiger partial charge in [0, 0.05) is 11.1 Å². The number of hydrogen-bond donors (Lipinski definition) is 0. The highest BCUT2D eigenvalue weighted by Gasteiger charge is 2.37. The van der Waals surface area contributed by atoms with Crippen molar-refractivity contribution in [3.05, 3.63) is 71.8 Å². The number of nitrogens with zero attached hydrogens (tertiary/aromatic N) is 1. The molecule has 25 heavy (non-hydrogen) atoms. The predicted octanol–water partition coefficient (Wildman–Crippen LogP) is 3.63. The smallest absolute Gasteiger partial charge is 0.311 e. The first-order valence-electron chi connectivity index (χ1n) is 8.57. The summed E-state index contributed by atoms with van der Waals surface area (Å²) in [5.74, 6) is 0.407. The van der Waals surface area contributed by atoms with E-state index in [2.05, 4.69) is 18.7 Å². The number of rotatable bonds is 5. The van der Waals surface area contributed by atoms with E-state index in [0.29, 0.717) is 5.76 Å². The van der Waals surface area contributed by atoms with Gasteiger partial charge in [-0.25, -0.2) is 0 Å². The van der Waals surface area contributed by atoms with E-state index in [1.165, 1.54) is 0 Å². The van der Waals surface area contributed by atoms with Crippen LogP contribution in [0.2, 0.25) is 0 Å². The van der Waals surface area contributed by atoms with Crippen molar-refractivity contribution in [2.24, 2.45) is 0 Å². The Bertz CT molecular complexity index is 841. The van der Waals surface area contributed by atoms with Gasteiger partial charge in [-0.05, 0) is 18.7 Å². The van der Waals surface area contributed by atoms with E-state index in [0.717, 1.165) is 29.8 Å². The zero-order valence-corrected chi connectivity index (χ0v) is 15.4. The summed E-state index contributed by atoms with van der Waals surface area (Å²) in [6.07, 6.45) is 0. The van der Waals surface area contributed by atoms with Gasteiger partial charge in [-0.2, -0.15) is 8.42 Å². The van der Waals surface area contributed by atoms with Crippen LogP contribution in [0.1, 0.15) is 25.0 Å². The molecule has 0 bridgehead atoms. The van der Waals surface area contributed by atoms with Crippen LogP contribution in [0.15, 0.2) is 60.7 Å². The minimum Gasteiger partial charge on any atom is -0.381 e. The molecule has 0 saturated heterocycles. The first-order valence-corrected chi connectivity index (χ1v) is 10.1. The minimum absolute atomic E-state index is 0.0325. The summed E-state index contributed by atoms with van der Waals surface area (Å²) in [5.41, 5.74) is 2.71. The molecule has 1 atom stereocenters. The lowest BCUT2D eigenvalue weighted by Gasteiger charge is -2.36. The van der Waals surface area contributed by atoms with Gasteiger partial charge in [0.2, 0.25) is 0 Å². The van der Waals surface area contributed by atoms with Crippen molar-refractivity contribution in [3.63, 3.8) is 0 Å². The second-order valence-electron chi connectivity index (χ2n) is 6.02. The zero-order chi connectivity index (χ0) is 17.9. The van der Waals surface area contributed by atoms with E-state index >= 15 is 0 Å². The van der Waals surface area contributed by atoms with Crippen LogP contribution < -0.4 is 0 Å². The Balaban J connectivity index is 2.27. The van der Waals surface area contributed by atoms with Gasteiger partial charge in [-0.1, -0.05) is 74.5 Å². The van der Waals surface area contributed by atoms with Crippen LogP contribution in [0.25, 0.3) is 11.3 Å². The predicted molar refractivity (Wildman–Crippen MR) is 101 cm³/mol. The van der Waals surface area contributed by atoms with Crippen molar-refractivity contribution >= 4 is 21.5 Å². The number of benzene rings is 2. The molecule has 3 rings (SSSR count). The molecule has 0 amide bonds. The van der Waals surface area contributed by atoms with Crippen molar-refractivity contribution < 1.29 is 12.6 Å². The zero-order valence-electron chi connectivity index (χ0n) is 14.6. The van der Waals surface area contributed by atoms with Crippen molar-refractivity contribution in [2.75, 3.05) is 18.8 Å². The Morgan fingerprint density at radius 3 is 1.96 bits per heavy atom. The summed E-state index contributed by atoms with van der Waals surface area (Å²) >= 11 is 0. The average molecular weight is 357 g/mol. The topological polar surface area (TPSA) is 46.6 Å². The van der Waals surface area contributed by atoms with Crippen molar-refractivity contribution in [2.45, 2.75) is 19.9 Å². The van der Waals surface area contributed by atoms with E-state index < -0.39 is 10.1 Å². The molecule has 2 aromatic carbocycles. The second kappa shape index (κ2) is 7.42. The first-order chi connectivity index (χ1) is 12.1. The van der Waals surface area contributed by atoms with Gasteiger partial charge in [0.1, 0.15) is 5.75 Å². The first kappa shape index (κ1) is 17.7. The Labute approximate surface area is 149 Å². The van der Waals surface area contributed by atoms with Gasteiger partial charge in [0.25, 0.3) is 0 Å². The standard InChI is InChI=1S/C20H23NO3S/c1-3-21(4-2)18-15-25(22,23)24-20(17-13-9-6-10-14-17)19(18)16-11-7-5-8-12-16/h5-14,18H,3-4,15H2,1-2H3. The van der Waals surface area contributed by atoms with Crippen molar-refractivity contribution in [3.8, 4) is 0 Å². The van der Waals surface area contributed by atoms with Gasteiger partial charge in [-0.3, -0.25) is 4.90 Å². The molecule has 1 unspecified atom stereocenters. The van der Waals surface area contributed by atoms with E-state index in [1.54, 1.807) is 0 Å². The molecule has 0 saturated carbocycles. The average Bonchev–Trinajstić information content (AvgIpc) is 2.63. The summed E-state index contributed by atoms with van der Waals surface area (Å²) in [7, 11) is -3.63. The van der Waals surface area contributed by atoms with Gasteiger partial charge in [-0.15, -0.1) is 0 Å². The van der Waals surface area contributed by atoms with Crippen LogP contribution in [0, 0.1) is 0 Å². The fourth-order valence-electron chi connectivity index (χ4n) is 3.32. The molecule has 132 valence electrons. The molecule has 0 aromatic heterocycles. The number of likely N-dealkylation sites (N-methyl/N-ethyl adjacent to an activating group) is 1. The third-order valence-corrected chi connectivity index (χ3v) is 5.67.